The minimum absolute atomic E-state index is 0. The zero-order chi connectivity index (χ0) is 10.6. The summed E-state index contributed by atoms with van der Waals surface area (Å²) >= 11 is 0. The molecule has 5 N–H and O–H groups in total. The Hall–Kier alpha value is -1.10. The van der Waals surface area contributed by atoms with Crippen molar-refractivity contribution in [3.63, 3.8) is 0 Å². The number of carbonyl (C=O) groups excluding carboxylic acids is 1. The molecule has 0 bridgehead atoms. The van der Waals surface area contributed by atoms with E-state index in [9.17, 15) is 4.79 Å². The van der Waals surface area contributed by atoms with Crippen molar-refractivity contribution in [1.82, 2.24) is 0 Å². The first-order valence-corrected chi connectivity index (χ1v) is 4.71. The lowest BCUT2D eigenvalue weighted by Gasteiger charge is -2.11. The molecule has 1 aromatic carbocycles. The van der Waals surface area contributed by atoms with Gasteiger partial charge in [-0.1, -0.05) is 25.1 Å². The molecule has 0 spiro atoms. The van der Waals surface area contributed by atoms with Crippen molar-refractivity contribution in [2.75, 3.05) is 11.9 Å². The van der Waals surface area contributed by atoms with Gasteiger partial charge in [0.05, 0.1) is 0 Å². The molecule has 1 aromatic rings. The molecule has 0 heterocycles. The number of hydrogen-bond donors (Lipinski definition) is 2. The molecule has 16 heavy (non-hydrogen) atoms. The standard InChI is InChI=1S/C11H16N2O.ClH.H2O/c1-8-5-3-4-6-10(8)13-11(14)9(2)7-12;;/h3-6,9H,7,12H2,1-2H3,(H,13,14);1H;1H2. The average Bonchev–Trinajstić information content (AvgIpc) is 2.20. The van der Waals surface area contributed by atoms with E-state index in [1.807, 2.05) is 38.1 Å². The fourth-order valence-electron chi connectivity index (χ4n) is 1.08. The van der Waals surface area contributed by atoms with Crippen molar-refractivity contribution >= 4 is 24.0 Å². The quantitative estimate of drug-likeness (QED) is 0.838. The number of rotatable bonds is 3. The minimum atomic E-state index is -0.144. The Morgan fingerprint density at radius 2 is 2.00 bits per heavy atom. The second-order valence-electron chi connectivity index (χ2n) is 3.44. The van der Waals surface area contributed by atoms with Gasteiger partial charge in [0.1, 0.15) is 0 Å². The topological polar surface area (TPSA) is 86.6 Å². The summed E-state index contributed by atoms with van der Waals surface area (Å²) in [5, 5.41) is 2.84. The lowest BCUT2D eigenvalue weighted by molar-refractivity contribution is -0.119. The fourth-order valence-corrected chi connectivity index (χ4v) is 1.08. The summed E-state index contributed by atoms with van der Waals surface area (Å²) in [5.74, 6) is -0.170. The zero-order valence-corrected chi connectivity index (χ0v) is 10.3. The molecule has 92 valence electrons. The predicted octanol–water partition coefficient (Wildman–Crippen LogP) is 1.13. The molecular formula is C11H19ClN2O2. The van der Waals surface area contributed by atoms with Crippen LogP contribution < -0.4 is 11.1 Å². The van der Waals surface area contributed by atoms with E-state index in [-0.39, 0.29) is 29.7 Å². The number of amides is 1. The number of halogens is 1. The van der Waals surface area contributed by atoms with E-state index < -0.39 is 0 Å². The van der Waals surface area contributed by atoms with Crippen LogP contribution in [-0.2, 0) is 4.79 Å². The van der Waals surface area contributed by atoms with Crippen molar-refractivity contribution in [3.05, 3.63) is 29.8 Å². The molecule has 0 radical (unpaired) electrons. The highest BCUT2D eigenvalue weighted by Crippen LogP contribution is 2.13. The van der Waals surface area contributed by atoms with Crippen LogP contribution in [0.2, 0.25) is 0 Å². The van der Waals surface area contributed by atoms with Crippen LogP contribution >= 0.6 is 12.4 Å². The number of nitrogens with one attached hydrogen (secondary N) is 1. The maximum atomic E-state index is 11.5. The number of anilines is 1. The van der Waals surface area contributed by atoms with E-state index in [0.29, 0.717) is 6.54 Å². The molecule has 1 amide bonds. The molecule has 4 nitrogen and oxygen atoms in total. The number of benzene rings is 1. The van der Waals surface area contributed by atoms with Crippen LogP contribution in [0.25, 0.3) is 0 Å². The molecule has 1 unspecified atom stereocenters. The van der Waals surface area contributed by atoms with Crippen LogP contribution in [0, 0.1) is 12.8 Å². The largest absolute Gasteiger partial charge is 0.412 e. The SMILES string of the molecule is Cc1ccccc1NC(=O)C(C)CN.Cl.O. The van der Waals surface area contributed by atoms with E-state index in [1.54, 1.807) is 0 Å². The Kier molecular flexibility index (Phi) is 8.76. The smallest absolute Gasteiger partial charge is 0.228 e. The highest BCUT2D eigenvalue weighted by molar-refractivity contribution is 5.93. The zero-order valence-electron chi connectivity index (χ0n) is 9.49. The molecule has 0 aliphatic heterocycles. The fraction of sp³-hybridized carbons (Fsp3) is 0.364. The summed E-state index contributed by atoms with van der Waals surface area (Å²) in [5.41, 5.74) is 7.32. The van der Waals surface area contributed by atoms with E-state index in [0.717, 1.165) is 11.3 Å². The second-order valence-corrected chi connectivity index (χ2v) is 3.44. The van der Waals surface area contributed by atoms with Crippen LogP contribution in [0.3, 0.4) is 0 Å². The lowest BCUT2D eigenvalue weighted by atomic mass is 10.1. The average molecular weight is 247 g/mol. The molecule has 1 rings (SSSR count). The van der Waals surface area contributed by atoms with E-state index in [2.05, 4.69) is 5.32 Å². The monoisotopic (exact) mass is 246 g/mol. The van der Waals surface area contributed by atoms with Crippen LogP contribution in [0.5, 0.6) is 0 Å². The van der Waals surface area contributed by atoms with Gasteiger partial charge in [0.2, 0.25) is 5.91 Å². The van der Waals surface area contributed by atoms with Gasteiger partial charge in [-0.25, -0.2) is 0 Å². The summed E-state index contributed by atoms with van der Waals surface area (Å²) in [6, 6.07) is 7.69. The molecule has 0 saturated heterocycles. The van der Waals surface area contributed by atoms with Gasteiger partial charge in [0.15, 0.2) is 0 Å². The summed E-state index contributed by atoms with van der Waals surface area (Å²) in [7, 11) is 0. The van der Waals surface area contributed by atoms with Crippen molar-refractivity contribution in [3.8, 4) is 0 Å². The second kappa shape index (κ2) is 8.10. The first-order valence-electron chi connectivity index (χ1n) is 4.71. The molecule has 0 aliphatic rings. The van der Waals surface area contributed by atoms with Gasteiger partial charge in [-0.2, -0.15) is 0 Å². The van der Waals surface area contributed by atoms with Crippen LogP contribution in [0.15, 0.2) is 24.3 Å². The molecule has 0 saturated carbocycles. The number of nitrogens with two attached hydrogens (primary N) is 1. The normalized spacial score (nSPS) is 10.7. The Labute approximate surface area is 102 Å². The predicted molar refractivity (Wildman–Crippen MR) is 68.9 cm³/mol. The van der Waals surface area contributed by atoms with Gasteiger partial charge in [0, 0.05) is 18.2 Å². The molecule has 5 heteroatoms. The van der Waals surface area contributed by atoms with E-state index in [1.165, 1.54) is 0 Å². The molecule has 0 aliphatic carbocycles. The number of aryl methyl sites for hydroxylation is 1. The van der Waals surface area contributed by atoms with Crippen molar-refractivity contribution in [2.24, 2.45) is 11.7 Å². The summed E-state index contributed by atoms with van der Waals surface area (Å²) < 4.78 is 0. The third kappa shape index (κ3) is 4.61. The van der Waals surface area contributed by atoms with Gasteiger partial charge >= 0.3 is 0 Å². The van der Waals surface area contributed by atoms with E-state index >= 15 is 0 Å². The van der Waals surface area contributed by atoms with Gasteiger partial charge in [-0.15, -0.1) is 12.4 Å². The third-order valence-corrected chi connectivity index (χ3v) is 2.20. The molecule has 1 atom stereocenters. The van der Waals surface area contributed by atoms with Crippen molar-refractivity contribution in [2.45, 2.75) is 13.8 Å². The summed E-state index contributed by atoms with van der Waals surface area (Å²) in [6.45, 7) is 4.15. The highest BCUT2D eigenvalue weighted by Gasteiger charge is 2.11. The number of carbonyl (C=O) groups is 1. The van der Waals surface area contributed by atoms with Crippen molar-refractivity contribution in [1.29, 1.82) is 0 Å². The Morgan fingerprint density at radius 1 is 1.44 bits per heavy atom. The Bertz CT molecular complexity index is 332. The van der Waals surface area contributed by atoms with E-state index in [4.69, 9.17) is 5.73 Å². The minimum Gasteiger partial charge on any atom is -0.412 e. The van der Waals surface area contributed by atoms with Crippen LogP contribution in [-0.4, -0.2) is 17.9 Å². The van der Waals surface area contributed by atoms with Crippen LogP contribution in [0.1, 0.15) is 12.5 Å². The highest BCUT2D eigenvalue weighted by atomic mass is 35.5. The van der Waals surface area contributed by atoms with Gasteiger partial charge in [-0.05, 0) is 18.6 Å². The van der Waals surface area contributed by atoms with Gasteiger partial charge < -0.3 is 16.5 Å². The molecule has 0 fully saturated rings. The van der Waals surface area contributed by atoms with Gasteiger partial charge in [0.25, 0.3) is 0 Å². The summed E-state index contributed by atoms with van der Waals surface area (Å²) in [4.78, 5) is 11.5. The Balaban J connectivity index is 0. The summed E-state index contributed by atoms with van der Waals surface area (Å²) in [6.07, 6.45) is 0. The first-order chi connectivity index (χ1) is 6.65. The number of para-hydroxylation sites is 1. The molecule has 0 aromatic heterocycles. The van der Waals surface area contributed by atoms with Crippen LogP contribution in [0.4, 0.5) is 5.69 Å². The Morgan fingerprint density at radius 3 is 2.50 bits per heavy atom. The number of hydrogen-bond acceptors (Lipinski definition) is 2. The van der Waals surface area contributed by atoms with Crippen molar-refractivity contribution < 1.29 is 10.3 Å². The third-order valence-electron chi connectivity index (χ3n) is 2.20. The first kappa shape index (κ1) is 17.3. The maximum Gasteiger partial charge on any atom is 0.228 e. The maximum absolute atomic E-state index is 11.5. The molecular weight excluding hydrogens is 228 g/mol. The lowest BCUT2D eigenvalue weighted by Crippen LogP contribution is -2.26. The van der Waals surface area contributed by atoms with Gasteiger partial charge in [-0.3, -0.25) is 4.79 Å².